The van der Waals surface area contributed by atoms with Crippen molar-refractivity contribution in [1.29, 1.82) is 21.0 Å². The molecule has 0 aromatic heterocycles. The molecular formula is C26H10F2N4. The van der Waals surface area contributed by atoms with Gasteiger partial charge in [0.2, 0.25) is 0 Å². The largest absolute Gasteiger partial charge is 0.204 e. The number of nitriles is 4. The lowest BCUT2D eigenvalue weighted by Crippen LogP contribution is -1.94. The quantitative estimate of drug-likeness (QED) is 0.404. The van der Waals surface area contributed by atoms with Crippen molar-refractivity contribution in [3.05, 3.63) is 94.6 Å². The van der Waals surface area contributed by atoms with E-state index in [1.54, 1.807) is 36.4 Å². The molecule has 0 saturated carbocycles. The molecule has 0 heterocycles. The van der Waals surface area contributed by atoms with Gasteiger partial charge < -0.3 is 0 Å². The average molecular weight is 416 g/mol. The predicted octanol–water partition coefficient (Wildman–Crippen LogP) is 5.94. The molecule has 4 aromatic carbocycles. The Morgan fingerprint density at radius 1 is 0.500 bits per heavy atom. The second-order valence-electron chi connectivity index (χ2n) is 6.92. The molecule has 0 bridgehead atoms. The predicted molar refractivity (Wildman–Crippen MR) is 114 cm³/mol. The van der Waals surface area contributed by atoms with Gasteiger partial charge in [-0.3, -0.25) is 0 Å². The first-order chi connectivity index (χ1) is 15.5. The minimum Gasteiger partial charge on any atom is -0.204 e. The van der Waals surface area contributed by atoms with Crippen molar-refractivity contribution in [3.8, 4) is 46.5 Å². The first-order valence-electron chi connectivity index (χ1n) is 9.32. The normalized spacial score (nSPS) is 10.1. The smallest absolute Gasteiger partial charge is 0.158 e. The van der Waals surface area contributed by atoms with Crippen LogP contribution in [0.5, 0.6) is 0 Å². The van der Waals surface area contributed by atoms with Crippen LogP contribution in [0.4, 0.5) is 8.78 Å². The minimum absolute atomic E-state index is 0.233. The molecule has 0 aliphatic rings. The van der Waals surface area contributed by atoms with Crippen LogP contribution >= 0.6 is 0 Å². The van der Waals surface area contributed by atoms with E-state index in [1.165, 1.54) is 24.3 Å². The maximum absolute atomic E-state index is 14.2. The van der Waals surface area contributed by atoms with Gasteiger partial charge in [0.25, 0.3) is 0 Å². The first kappa shape index (κ1) is 20.2. The summed E-state index contributed by atoms with van der Waals surface area (Å²) in [5.74, 6) is -1.72. The number of rotatable bonds is 2. The van der Waals surface area contributed by atoms with Crippen LogP contribution in [0.3, 0.4) is 0 Å². The Morgan fingerprint density at radius 3 is 1.09 bits per heavy atom. The summed E-state index contributed by atoms with van der Waals surface area (Å²) in [6.45, 7) is 0. The zero-order valence-corrected chi connectivity index (χ0v) is 16.3. The average Bonchev–Trinajstić information content (AvgIpc) is 2.83. The van der Waals surface area contributed by atoms with Crippen molar-refractivity contribution in [2.75, 3.05) is 0 Å². The molecule has 0 aliphatic carbocycles. The maximum atomic E-state index is 14.2. The highest BCUT2D eigenvalue weighted by Crippen LogP contribution is 2.37. The molecular weight excluding hydrogens is 406 g/mol. The number of nitrogens with zero attached hydrogens (tertiary/aromatic N) is 4. The zero-order valence-electron chi connectivity index (χ0n) is 16.3. The Labute approximate surface area is 182 Å². The lowest BCUT2D eigenvalue weighted by atomic mass is 9.90. The van der Waals surface area contributed by atoms with Gasteiger partial charge in [-0.15, -0.1) is 0 Å². The number of halogens is 2. The lowest BCUT2D eigenvalue weighted by Gasteiger charge is -2.13. The second-order valence-corrected chi connectivity index (χ2v) is 6.92. The molecule has 0 saturated heterocycles. The van der Waals surface area contributed by atoms with Crippen LogP contribution in [-0.4, -0.2) is 0 Å². The molecule has 6 heteroatoms. The van der Waals surface area contributed by atoms with E-state index in [1.807, 2.05) is 24.3 Å². The fourth-order valence-electron chi connectivity index (χ4n) is 3.69. The van der Waals surface area contributed by atoms with Gasteiger partial charge in [-0.05, 0) is 57.3 Å². The monoisotopic (exact) mass is 416 g/mol. The van der Waals surface area contributed by atoms with E-state index < -0.39 is 11.6 Å². The van der Waals surface area contributed by atoms with E-state index >= 15 is 0 Å². The Hall–Kier alpha value is -5.04. The third kappa shape index (κ3) is 3.20. The SMILES string of the molecule is N#Cc1cc(-c2ccc(-c3cc(C#N)c(F)c(C#N)c3)c3ccccc23)cc(C#N)c1F. The second kappa shape index (κ2) is 8.00. The molecule has 0 spiro atoms. The number of hydrogen-bond donors (Lipinski definition) is 0. The molecule has 0 radical (unpaired) electrons. The Kier molecular flexibility index (Phi) is 5.06. The topological polar surface area (TPSA) is 95.2 Å². The van der Waals surface area contributed by atoms with Gasteiger partial charge in [-0.2, -0.15) is 21.0 Å². The van der Waals surface area contributed by atoms with Crippen molar-refractivity contribution in [2.45, 2.75) is 0 Å². The zero-order chi connectivity index (χ0) is 22.8. The molecule has 0 N–H and O–H groups in total. The number of fused-ring (bicyclic) bond motifs is 1. The van der Waals surface area contributed by atoms with E-state index in [-0.39, 0.29) is 22.3 Å². The molecule has 32 heavy (non-hydrogen) atoms. The van der Waals surface area contributed by atoms with Crippen LogP contribution in [-0.2, 0) is 0 Å². The van der Waals surface area contributed by atoms with Crippen molar-refractivity contribution < 1.29 is 8.78 Å². The van der Waals surface area contributed by atoms with Crippen molar-refractivity contribution in [2.24, 2.45) is 0 Å². The van der Waals surface area contributed by atoms with Crippen LogP contribution in [0, 0.1) is 57.0 Å². The summed E-state index contributed by atoms with van der Waals surface area (Å²) >= 11 is 0. The van der Waals surface area contributed by atoms with E-state index in [0.717, 1.165) is 10.8 Å². The summed E-state index contributed by atoms with van der Waals surface area (Å²) in [7, 11) is 0. The van der Waals surface area contributed by atoms with E-state index in [4.69, 9.17) is 0 Å². The van der Waals surface area contributed by atoms with Gasteiger partial charge in [0.1, 0.15) is 24.3 Å². The van der Waals surface area contributed by atoms with Gasteiger partial charge in [-0.25, -0.2) is 8.78 Å². The molecule has 0 fully saturated rings. The van der Waals surface area contributed by atoms with Crippen molar-refractivity contribution >= 4 is 10.8 Å². The maximum Gasteiger partial charge on any atom is 0.158 e. The summed E-state index contributed by atoms with van der Waals surface area (Å²) in [5.41, 5.74) is 1.40. The molecule has 0 aliphatic heterocycles. The molecule has 4 nitrogen and oxygen atoms in total. The summed E-state index contributed by atoms with van der Waals surface area (Å²) in [5, 5.41) is 38.5. The highest BCUT2D eigenvalue weighted by atomic mass is 19.1. The highest BCUT2D eigenvalue weighted by molar-refractivity contribution is 6.05. The van der Waals surface area contributed by atoms with Crippen LogP contribution in [0.1, 0.15) is 22.3 Å². The summed E-state index contributed by atoms with van der Waals surface area (Å²) in [4.78, 5) is 0. The summed E-state index contributed by atoms with van der Waals surface area (Å²) in [6, 6.07) is 23.4. The molecule has 0 atom stereocenters. The molecule has 4 rings (SSSR count). The van der Waals surface area contributed by atoms with Gasteiger partial charge >= 0.3 is 0 Å². The fourth-order valence-corrected chi connectivity index (χ4v) is 3.69. The van der Waals surface area contributed by atoms with E-state index in [9.17, 15) is 29.8 Å². The third-order valence-corrected chi connectivity index (χ3v) is 5.17. The van der Waals surface area contributed by atoms with Crippen LogP contribution < -0.4 is 0 Å². The Bertz CT molecular complexity index is 1400. The van der Waals surface area contributed by atoms with Gasteiger partial charge in [0.15, 0.2) is 11.6 Å². The lowest BCUT2D eigenvalue weighted by molar-refractivity contribution is 0.620. The van der Waals surface area contributed by atoms with E-state index in [0.29, 0.717) is 22.3 Å². The van der Waals surface area contributed by atoms with Crippen LogP contribution in [0.25, 0.3) is 33.0 Å². The molecule has 4 aromatic rings. The summed E-state index contributed by atoms with van der Waals surface area (Å²) in [6.07, 6.45) is 0. The fraction of sp³-hybridized carbons (Fsp3) is 0. The number of hydrogen-bond acceptors (Lipinski definition) is 4. The van der Waals surface area contributed by atoms with Crippen molar-refractivity contribution in [1.82, 2.24) is 0 Å². The minimum atomic E-state index is -0.862. The standard InChI is InChI=1S/C26H10F2N4/c27-25-17(11-29)7-15(8-18(25)12-30)21-5-6-22(24-4-2-1-3-23(21)24)16-9-19(13-31)26(28)20(10-16)14-32/h1-10H. The molecule has 148 valence electrons. The van der Waals surface area contributed by atoms with Crippen LogP contribution in [0.2, 0.25) is 0 Å². The molecule has 0 amide bonds. The van der Waals surface area contributed by atoms with Gasteiger partial charge in [0, 0.05) is 0 Å². The summed E-state index contributed by atoms with van der Waals surface area (Å²) < 4.78 is 28.4. The first-order valence-corrected chi connectivity index (χ1v) is 9.32. The Morgan fingerprint density at radius 2 is 0.812 bits per heavy atom. The highest BCUT2D eigenvalue weighted by Gasteiger charge is 2.17. The van der Waals surface area contributed by atoms with Crippen molar-refractivity contribution in [3.63, 3.8) is 0 Å². The van der Waals surface area contributed by atoms with E-state index in [2.05, 4.69) is 0 Å². The number of benzene rings is 4. The Balaban J connectivity index is 2.02. The van der Waals surface area contributed by atoms with Gasteiger partial charge in [-0.1, -0.05) is 36.4 Å². The van der Waals surface area contributed by atoms with Gasteiger partial charge in [0.05, 0.1) is 22.3 Å². The molecule has 0 unspecified atom stereocenters. The third-order valence-electron chi connectivity index (χ3n) is 5.17. The van der Waals surface area contributed by atoms with Crippen LogP contribution in [0.15, 0.2) is 60.7 Å².